The van der Waals surface area contributed by atoms with E-state index in [1.807, 2.05) is 0 Å². The number of carbonyl (C=O) groups excluding carboxylic acids is 1. The Labute approximate surface area is 167 Å². The summed E-state index contributed by atoms with van der Waals surface area (Å²) in [4.78, 5) is 12.2. The maximum Gasteiger partial charge on any atom is 0.416 e. The minimum Gasteiger partial charge on any atom is -0.488 e. The van der Waals surface area contributed by atoms with E-state index in [2.05, 4.69) is 15.9 Å². The highest BCUT2D eigenvalue weighted by atomic mass is 79.9. The van der Waals surface area contributed by atoms with Gasteiger partial charge in [-0.1, -0.05) is 12.1 Å². The average molecular weight is 457 g/mol. The summed E-state index contributed by atoms with van der Waals surface area (Å²) in [6, 6.07) is 8.06. The smallest absolute Gasteiger partial charge is 0.416 e. The normalized spacial score (nSPS) is 11.6. The Morgan fingerprint density at radius 3 is 2.46 bits per heavy atom. The van der Waals surface area contributed by atoms with Crippen LogP contribution in [0, 0.1) is 6.92 Å². The van der Waals surface area contributed by atoms with Crippen LogP contribution in [0.2, 0.25) is 0 Å². The zero-order chi connectivity index (χ0) is 20.5. The van der Waals surface area contributed by atoms with Crippen molar-refractivity contribution in [3.05, 3.63) is 63.3 Å². The van der Waals surface area contributed by atoms with Crippen molar-refractivity contribution in [1.82, 2.24) is 0 Å². The number of esters is 1. The lowest BCUT2D eigenvalue weighted by atomic mass is 10.1. The fourth-order valence-corrected chi connectivity index (χ4v) is 3.18. The molecule has 148 valence electrons. The average Bonchev–Trinajstić information content (AvgIpc) is 2.94. The topological polar surface area (TPSA) is 48.7 Å². The highest BCUT2D eigenvalue weighted by Gasteiger charge is 2.30. The number of hydrogen-bond acceptors (Lipinski definition) is 4. The molecule has 0 saturated carbocycles. The van der Waals surface area contributed by atoms with E-state index in [-0.39, 0.29) is 13.2 Å². The molecule has 0 atom stereocenters. The van der Waals surface area contributed by atoms with Crippen molar-refractivity contribution in [1.29, 1.82) is 0 Å². The molecular weight excluding hydrogens is 441 g/mol. The molecule has 1 aromatic heterocycles. The number of hydrogen-bond donors (Lipinski definition) is 0. The van der Waals surface area contributed by atoms with Gasteiger partial charge >= 0.3 is 12.1 Å². The van der Waals surface area contributed by atoms with Crippen LogP contribution < -0.4 is 4.74 Å². The van der Waals surface area contributed by atoms with Gasteiger partial charge in [0, 0.05) is 5.39 Å². The number of fused-ring (bicyclic) bond motifs is 1. The molecule has 4 nitrogen and oxygen atoms in total. The number of aryl methyl sites for hydroxylation is 1. The SMILES string of the molecule is CCOC(=O)c1c(C)oc2cc(Br)c(OCc3ccc(C(F)(F)F)cc3)cc12. The quantitative estimate of drug-likeness (QED) is 0.424. The first-order valence-corrected chi connectivity index (χ1v) is 9.18. The second kappa shape index (κ2) is 7.87. The number of rotatable bonds is 5. The molecular formula is C20H16BrF3O4. The molecule has 0 bridgehead atoms. The van der Waals surface area contributed by atoms with Gasteiger partial charge in [-0.05, 0) is 59.6 Å². The maximum absolute atomic E-state index is 12.6. The highest BCUT2D eigenvalue weighted by molar-refractivity contribution is 9.10. The molecule has 1 heterocycles. The van der Waals surface area contributed by atoms with Crippen molar-refractivity contribution in [2.24, 2.45) is 0 Å². The maximum atomic E-state index is 12.6. The first-order valence-electron chi connectivity index (χ1n) is 8.39. The zero-order valence-corrected chi connectivity index (χ0v) is 16.6. The van der Waals surface area contributed by atoms with Gasteiger partial charge in [0.2, 0.25) is 0 Å². The second-order valence-electron chi connectivity index (χ2n) is 6.02. The second-order valence-corrected chi connectivity index (χ2v) is 6.87. The monoisotopic (exact) mass is 456 g/mol. The van der Waals surface area contributed by atoms with E-state index >= 15 is 0 Å². The summed E-state index contributed by atoms with van der Waals surface area (Å²) in [6.07, 6.45) is -4.38. The first-order chi connectivity index (χ1) is 13.2. The summed E-state index contributed by atoms with van der Waals surface area (Å²) in [7, 11) is 0. The van der Waals surface area contributed by atoms with E-state index in [1.54, 1.807) is 26.0 Å². The van der Waals surface area contributed by atoms with Crippen molar-refractivity contribution in [2.75, 3.05) is 6.61 Å². The molecule has 28 heavy (non-hydrogen) atoms. The number of benzene rings is 2. The summed E-state index contributed by atoms with van der Waals surface area (Å²) in [5.41, 5.74) is 0.679. The van der Waals surface area contributed by atoms with Crippen LogP contribution in [0.25, 0.3) is 11.0 Å². The van der Waals surface area contributed by atoms with Crippen LogP contribution >= 0.6 is 15.9 Å². The van der Waals surface area contributed by atoms with Crippen LogP contribution in [-0.4, -0.2) is 12.6 Å². The largest absolute Gasteiger partial charge is 0.488 e. The molecule has 0 aliphatic rings. The molecule has 0 saturated heterocycles. The standard InChI is InChI=1S/C20H16BrF3O4/c1-3-26-19(25)18-11(2)28-16-9-15(21)17(8-14(16)18)27-10-12-4-6-13(7-5-12)20(22,23)24/h4-9H,3,10H2,1-2H3. The number of halogens is 4. The summed E-state index contributed by atoms with van der Waals surface area (Å²) >= 11 is 3.38. The van der Waals surface area contributed by atoms with Gasteiger partial charge in [-0.15, -0.1) is 0 Å². The lowest BCUT2D eigenvalue weighted by Crippen LogP contribution is -2.05. The van der Waals surface area contributed by atoms with Crippen LogP contribution in [0.3, 0.4) is 0 Å². The molecule has 3 aromatic rings. The van der Waals surface area contributed by atoms with Crippen LogP contribution in [0.5, 0.6) is 5.75 Å². The van der Waals surface area contributed by atoms with Gasteiger partial charge < -0.3 is 13.9 Å². The lowest BCUT2D eigenvalue weighted by Gasteiger charge is -2.10. The predicted molar refractivity (Wildman–Crippen MR) is 100 cm³/mol. The lowest BCUT2D eigenvalue weighted by molar-refractivity contribution is -0.137. The van der Waals surface area contributed by atoms with E-state index in [4.69, 9.17) is 13.9 Å². The third-order valence-electron chi connectivity index (χ3n) is 4.07. The molecule has 3 rings (SSSR count). The molecule has 8 heteroatoms. The molecule has 0 spiro atoms. The van der Waals surface area contributed by atoms with E-state index in [0.717, 1.165) is 12.1 Å². The van der Waals surface area contributed by atoms with E-state index in [0.29, 0.717) is 38.1 Å². The zero-order valence-electron chi connectivity index (χ0n) is 15.0. The Bertz CT molecular complexity index is 1010. The van der Waals surface area contributed by atoms with E-state index in [1.165, 1.54) is 12.1 Å². The molecule has 0 unspecified atom stereocenters. The fraction of sp³-hybridized carbons (Fsp3) is 0.250. The van der Waals surface area contributed by atoms with Gasteiger partial charge in [-0.3, -0.25) is 0 Å². The Hall–Kier alpha value is -2.48. The van der Waals surface area contributed by atoms with Crippen molar-refractivity contribution < 1.29 is 31.9 Å². The molecule has 0 aliphatic carbocycles. The van der Waals surface area contributed by atoms with Gasteiger partial charge in [0.1, 0.15) is 29.3 Å². The van der Waals surface area contributed by atoms with Gasteiger partial charge in [0.05, 0.1) is 16.6 Å². The Balaban J connectivity index is 1.86. The van der Waals surface area contributed by atoms with Crippen LogP contribution in [-0.2, 0) is 17.5 Å². The summed E-state index contributed by atoms with van der Waals surface area (Å²) < 4.78 is 55.0. The Kier molecular flexibility index (Phi) is 5.69. The van der Waals surface area contributed by atoms with Gasteiger partial charge in [0.25, 0.3) is 0 Å². The molecule has 0 aliphatic heterocycles. The Morgan fingerprint density at radius 1 is 1.18 bits per heavy atom. The molecule has 0 fully saturated rings. The van der Waals surface area contributed by atoms with E-state index < -0.39 is 17.7 Å². The molecule has 0 amide bonds. The number of carbonyl (C=O) groups is 1. The number of ether oxygens (including phenoxy) is 2. The predicted octanol–water partition coefficient (Wildman–Crippen LogP) is 6.28. The van der Waals surface area contributed by atoms with Crippen LogP contribution in [0.15, 0.2) is 45.3 Å². The van der Waals surface area contributed by atoms with Crippen LogP contribution in [0.4, 0.5) is 13.2 Å². The molecule has 0 radical (unpaired) electrons. The van der Waals surface area contributed by atoms with Crippen molar-refractivity contribution in [3.8, 4) is 5.75 Å². The highest BCUT2D eigenvalue weighted by Crippen LogP contribution is 2.36. The minimum atomic E-state index is -4.38. The summed E-state index contributed by atoms with van der Waals surface area (Å²) in [5, 5.41) is 0.543. The third kappa shape index (κ3) is 4.16. The third-order valence-corrected chi connectivity index (χ3v) is 4.69. The Morgan fingerprint density at radius 2 is 1.86 bits per heavy atom. The fourth-order valence-electron chi connectivity index (χ4n) is 2.74. The van der Waals surface area contributed by atoms with Crippen molar-refractivity contribution in [3.63, 3.8) is 0 Å². The van der Waals surface area contributed by atoms with Gasteiger partial charge in [0.15, 0.2) is 0 Å². The summed E-state index contributed by atoms with van der Waals surface area (Å²) in [5.74, 6) is 0.369. The minimum absolute atomic E-state index is 0.0633. The number of furan rings is 1. The van der Waals surface area contributed by atoms with Crippen molar-refractivity contribution in [2.45, 2.75) is 26.6 Å². The first kappa shape index (κ1) is 20.3. The molecule has 0 N–H and O–H groups in total. The van der Waals surface area contributed by atoms with E-state index in [9.17, 15) is 18.0 Å². The van der Waals surface area contributed by atoms with Crippen LogP contribution in [0.1, 0.15) is 34.2 Å². The summed E-state index contributed by atoms with van der Waals surface area (Å²) in [6.45, 7) is 3.68. The molecule has 2 aromatic carbocycles. The van der Waals surface area contributed by atoms with Crippen molar-refractivity contribution >= 4 is 32.9 Å². The van der Waals surface area contributed by atoms with Gasteiger partial charge in [-0.2, -0.15) is 13.2 Å². The van der Waals surface area contributed by atoms with Gasteiger partial charge in [-0.25, -0.2) is 4.79 Å². The number of alkyl halides is 3.